The number of carbonyl (C=O) groups is 1. The fourth-order valence-electron chi connectivity index (χ4n) is 3.37. The first kappa shape index (κ1) is 24.1. The van der Waals surface area contributed by atoms with Gasteiger partial charge in [-0.25, -0.2) is 12.7 Å². The Labute approximate surface area is 197 Å². The Bertz CT molecular complexity index is 1030. The molecule has 0 atom stereocenters. The van der Waals surface area contributed by atoms with Crippen LogP contribution < -0.4 is 10.1 Å². The van der Waals surface area contributed by atoms with Gasteiger partial charge in [-0.3, -0.25) is 4.79 Å². The number of nitrogens with zero attached hydrogens (tertiary/aromatic N) is 1. The first-order valence-electron chi connectivity index (χ1n) is 9.83. The van der Waals surface area contributed by atoms with Crippen LogP contribution in [-0.4, -0.2) is 44.9 Å². The van der Waals surface area contributed by atoms with E-state index < -0.39 is 10.0 Å². The molecule has 1 N–H and O–H groups in total. The first-order chi connectivity index (χ1) is 14.8. The van der Waals surface area contributed by atoms with Crippen LogP contribution in [0.5, 0.6) is 5.75 Å². The third kappa shape index (κ3) is 6.73. The Hall–Kier alpha value is -1.51. The molecule has 1 fully saturated rings. The van der Waals surface area contributed by atoms with Crippen molar-refractivity contribution in [2.24, 2.45) is 5.92 Å². The summed E-state index contributed by atoms with van der Waals surface area (Å²) in [5, 5.41) is 4.07. The summed E-state index contributed by atoms with van der Waals surface area (Å²) in [7, 11) is -3.50. The van der Waals surface area contributed by atoms with E-state index >= 15 is 0 Å². The van der Waals surface area contributed by atoms with E-state index in [1.165, 1.54) is 4.31 Å². The lowest BCUT2D eigenvalue weighted by Gasteiger charge is -2.30. The van der Waals surface area contributed by atoms with Gasteiger partial charge in [0.05, 0.1) is 27.4 Å². The second-order valence-corrected chi connectivity index (χ2v) is 10.4. The molecule has 2 aromatic rings. The minimum absolute atomic E-state index is 0.0933. The normalized spacial score (nSPS) is 15.6. The lowest BCUT2D eigenvalue weighted by atomic mass is 9.97. The van der Waals surface area contributed by atoms with Crippen LogP contribution in [-0.2, 0) is 20.6 Å². The van der Waals surface area contributed by atoms with E-state index in [0.29, 0.717) is 65.5 Å². The van der Waals surface area contributed by atoms with Gasteiger partial charge in [0.1, 0.15) is 12.4 Å². The second kappa shape index (κ2) is 10.9. The summed E-state index contributed by atoms with van der Waals surface area (Å²) >= 11 is 17.9. The number of piperidine rings is 1. The van der Waals surface area contributed by atoms with Crippen LogP contribution in [0.3, 0.4) is 0 Å². The van der Waals surface area contributed by atoms with E-state index in [1.807, 2.05) is 12.1 Å². The van der Waals surface area contributed by atoms with Gasteiger partial charge in [-0.1, -0.05) is 53.0 Å². The van der Waals surface area contributed by atoms with Crippen molar-refractivity contribution >= 4 is 50.7 Å². The van der Waals surface area contributed by atoms with Crippen LogP contribution in [0.15, 0.2) is 42.5 Å². The van der Waals surface area contributed by atoms with Gasteiger partial charge < -0.3 is 10.1 Å². The summed E-state index contributed by atoms with van der Waals surface area (Å²) in [5.74, 6) is 0.0973. The number of hydrogen-bond donors (Lipinski definition) is 1. The molecule has 1 amide bonds. The average Bonchev–Trinajstić information content (AvgIpc) is 2.75. The van der Waals surface area contributed by atoms with Gasteiger partial charge in [-0.05, 0) is 42.7 Å². The molecule has 3 rings (SSSR count). The number of rotatable bonds is 8. The van der Waals surface area contributed by atoms with Crippen molar-refractivity contribution in [1.29, 1.82) is 0 Å². The number of nitrogens with one attached hydrogen (secondary N) is 1. The minimum Gasteiger partial charge on any atom is -0.490 e. The summed E-state index contributed by atoms with van der Waals surface area (Å²) in [4.78, 5) is 12.4. The van der Waals surface area contributed by atoms with E-state index in [2.05, 4.69) is 5.32 Å². The van der Waals surface area contributed by atoms with Gasteiger partial charge in [0.15, 0.2) is 0 Å². The highest BCUT2D eigenvalue weighted by atomic mass is 35.5. The summed E-state index contributed by atoms with van der Waals surface area (Å²) in [6.07, 6.45) is 0.940. The molecular weight excluding hydrogens is 483 g/mol. The van der Waals surface area contributed by atoms with Crippen LogP contribution in [0.1, 0.15) is 18.4 Å². The molecule has 168 valence electrons. The van der Waals surface area contributed by atoms with E-state index in [0.717, 1.165) is 0 Å². The molecule has 0 radical (unpaired) electrons. The number of carbonyl (C=O) groups excluding carboxylic acids is 1. The molecule has 0 saturated carbocycles. The summed E-state index contributed by atoms with van der Waals surface area (Å²) < 4.78 is 32.4. The Kier molecular flexibility index (Phi) is 8.47. The number of para-hydroxylation sites is 1. The summed E-state index contributed by atoms with van der Waals surface area (Å²) in [5.41, 5.74) is 0.577. The molecule has 2 aromatic carbocycles. The third-order valence-corrected chi connectivity index (χ3v) is 7.95. The Balaban J connectivity index is 1.43. The van der Waals surface area contributed by atoms with Crippen molar-refractivity contribution in [3.63, 3.8) is 0 Å². The van der Waals surface area contributed by atoms with Crippen molar-refractivity contribution in [1.82, 2.24) is 9.62 Å². The topological polar surface area (TPSA) is 75.7 Å². The Morgan fingerprint density at radius 3 is 2.42 bits per heavy atom. The largest absolute Gasteiger partial charge is 0.490 e. The van der Waals surface area contributed by atoms with E-state index in [1.54, 1.807) is 30.3 Å². The number of halogens is 3. The SMILES string of the molecule is O=C(NCCOc1ccccc1Cl)C1CCN(S(=O)(=O)Cc2ccc(Cl)c(Cl)c2)CC1. The number of benzene rings is 2. The fraction of sp³-hybridized carbons (Fsp3) is 0.381. The van der Waals surface area contributed by atoms with E-state index in [9.17, 15) is 13.2 Å². The first-order valence-corrected chi connectivity index (χ1v) is 12.6. The van der Waals surface area contributed by atoms with Gasteiger partial charge in [0.2, 0.25) is 15.9 Å². The molecule has 31 heavy (non-hydrogen) atoms. The zero-order valence-electron chi connectivity index (χ0n) is 16.7. The highest BCUT2D eigenvalue weighted by molar-refractivity contribution is 7.88. The number of sulfonamides is 1. The number of hydrogen-bond acceptors (Lipinski definition) is 4. The molecule has 6 nitrogen and oxygen atoms in total. The maximum absolute atomic E-state index is 12.7. The molecule has 1 aliphatic rings. The molecule has 1 saturated heterocycles. The monoisotopic (exact) mass is 504 g/mol. The standard InChI is InChI=1S/C21H23Cl3N2O4S/c22-17-6-5-15(13-19(17)24)14-31(28,29)26-10-7-16(8-11-26)21(27)25-9-12-30-20-4-2-1-3-18(20)23/h1-6,13,16H,7-12,14H2,(H,25,27). The predicted octanol–water partition coefficient (Wildman–Crippen LogP) is 4.38. The van der Waals surface area contributed by atoms with Gasteiger partial charge >= 0.3 is 0 Å². The van der Waals surface area contributed by atoms with Crippen molar-refractivity contribution in [2.45, 2.75) is 18.6 Å². The lowest BCUT2D eigenvalue weighted by molar-refractivity contribution is -0.126. The molecule has 0 unspecified atom stereocenters. The van der Waals surface area contributed by atoms with Gasteiger partial charge in [0.25, 0.3) is 0 Å². The van der Waals surface area contributed by atoms with Crippen molar-refractivity contribution in [2.75, 3.05) is 26.2 Å². The van der Waals surface area contributed by atoms with Gasteiger partial charge in [-0.2, -0.15) is 0 Å². The number of amides is 1. The van der Waals surface area contributed by atoms with Crippen LogP contribution in [0.4, 0.5) is 0 Å². The molecule has 10 heteroatoms. The molecule has 0 bridgehead atoms. The molecule has 1 aliphatic heterocycles. The van der Waals surface area contributed by atoms with Crippen LogP contribution in [0, 0.1) is 5.92 Å². The maximum Gasteiger partial charge on any atom is 0.223 e. The number of ether oxygens (including phenoxy) is 1. The van der Waals surface area contributed by atoms with Gasteiger partial charge in [-0.15, -0.1) is 0 Å². The smallest absolute Gasteiger partial charge is 0.223 e. The van der Waals surface area contributed by atoms with Crippen molar-refractivity contribution in [3.8, 4) is 5.75 Å². The summed E-state index contributed by atoms with van der Waals surface area (Å²) in [6.45, 7) is 1.25. The third-order valence-electron chi connectivity index (χ3n) is 5.05. The second-order valence-electron chi connectivity index (χ2n) is 7.25. The predicted molar refractivity (Wildman–Crippen MR) is 123 cm³/mol. The van der Waals surface area contributed by atoms with Crippen molar-refractivity contribution < 1.29 is 17.9 Å². The Morgan fingerprint density at radius 2 is 1.74 bits per heavy atom. The highest BCUT2D eigenvalue weighted by Gasteiger charge is 2.31. The van der Waals surface area contributed by atoms with Crippen LogP contribution in [0.2, 0.25) is 15.1 Å². The van der Waals surface area contributed by atoms with Crippen LogP contribution >= 0.6 is 34.8 Å². The molecular formula is C21H23Cl3N2O4S. The average molecular weight is 506 g/mol. The van der Waals surface area contributed by atoms with Crippen LogP contribution in [0.25, 0.3) is 0 Å². The van der Waals surface area contributed by atoms with E-state index in [4.69, 9.17) is 39.5 Å². The fourth-order valence-corrected chi connectivity index (χ4v) is 5.43. The van der Waals surface area contributed by atoms with Gasteiger partial charge in [0, 0.05) is 19.0 Å². The molecule has 1 heterocycles. The van der Waals surface area contributed by atoms with E-state index in [-0.39, 0.29) is 17.6 Å². The molecule has 0 aliphatic carbocycles. The summed E-state index contributed by atoms with van der Waals surface area (Å²) in [6, 6.07) is 11.9. The highest BCUT2D eigenvalue weighted by Crippen LogP contribution is 2.26. The Morgan fingerprint density at radius 1 is 1.03 bits per heavy atom. The zero-order valence-corrected chi connectivity index (χ0v) is 19.8. The molecule has 0 aromatic heterocycles. The molecule has 0 spiro atoms. The maximum atomic E-state index is 12.7. The zero-order chi connectivity index (χ0) is 22.4. The van der Waals surface area contributed by atoms with Crippen molar-refractivity contribution in [3.05, 3.63) is 63.1 Å². The quantitative estimate of drug-likeness (QED) is 0.540. The minimum atomic E-state index is -3.50. The lowest BCUT2D eigenvalue weighted by Crippen LogP contribution is -2.43.